The third kappa shape index (κ3) is 6.28. The maximum Gasteiger partial charge on any atom is 0.0800 e. The monoisotopic (exact) mass is 612 g/mol. The molecular weight excluding hydrogens is 577 g/mol. The van der Waals surface area contributed by atoms with Crippen LogP contribution in [-0.4, -0.2) is 5.25 Å². The maximum absolute atomic E-state index is 4.35. The molecule has 1 saturated heterocycles. The van der Waals surface area contributed by atoms with Crippen LogP contribution in [0, 0.1) is 0 Å². The lowest BCUT2D eigenvalue weighted by atomic mass is 9.94. The number of allylic oxidation sites excluding steroid dienone is 11. The number of hydrogen-bond acceptors (Lipinski definition) is 3. The predicted octanol–water partition coefficient (Wildman–Crippen LogP) is 11.7. The van der Waals surface area contributed by atoms with Crippen molar-refractivity contribution in [3.8, 4) is 11.1 Å². The van der Waals surface area contributed by atoms with Gasteiger partial charge in [0.25, 0.3) is 0 Å². The molecule has 0 aromatic heterocycles. The van der Waals surface area contributed by atoms with E-state index in [9.17, 15) is 0 Å². The number of para-hydroxylation sites is 1. The number of thioether (sulfide) groups is 1. The molecule has 2 heterocycles. The minimum Gasteiger partial charge on any atom is -0.357 e. The van der Waals surface area contributed by atoms with Crippen LogP contribution < -0.4 is 10.2 Å². The lowest BCUT2D eigenvalue weighted by Crippen LogP contribution is -2.11. The van der Waals surface area contributed by atoms with Gasteiger partial charge < -0.3 is 10.2 Å². The topological polar surface area (TPSA) is 15.3 Å². The van der Waals surface area contributed by atoms with Gasteiger partial charge in [-0.1, -0.05) is 110 Å². The van der Waals surface area contributed by atoms with Crippen molar-refractivity contribution in [1.82, 2.24) is 0 Å². The average Bonchev–Trinajstić information content (AvgIpc) is 3.76. The van der Waals surface area contributed by atoms with Crippen molar-refractivity contribution >= 4 is 40.0 Å². The smallest absolute Gasteiger partial charge is 0.0800 e. The van der Waals surface area contributed by atoms with Gasteiger partial charge in [-0.15, -0.1) is 11.8 Å². The zero-order valence-electron chi connectivity index (χ0n) is 26.0. The molecule has 0 saturated carbocycles. The molecule has 7 rings (SSSR count). The largest absolute Gasteiger partial charge is 0.357 e. The zero-order chi connectivity index (χ0) is 31.5. The van der Waals surface area contributed by atoms with Crippen molar-refractivity contribution in [3.63, 3.8) is 0 Å². The average molecular weight is 613 g/mol. The summed E-state index contributed by atoms with van der Waals surface area (Å²) < 4.78 is 0. The molecule has 0 radical (unpaired) electrons. The molecule has 3 heteroatoms. The number of anilines is 3. The van der Waals surface area contributed by atoms with E-state index in [-0.39, 0.29) is 0 Å². The van der Waals surface area contributed by atoms with E-state index in [1.54, 1.807) is 0 Å². The summed E-state index contributed by atoms with van der Waals surface area (Å²) >= 11 is 1.93. The number of rotatable bonds is 8. The van der Waals surface area contributed by atoms with Crippen molar-refractivity contribution in [2.45, 2.75) is 18.6 Å². The summed E-state index contributed by atoms with van der Waals surface area (Å²) in [6, 6.07) is 34.5. The molecule has 0 bridgehead atoms. The Morgan fingerprint density at radius 3 is 2.37 bits per heavy atom. The Kier molecular flexibility index (Phi) is 8.33. The van der Waals surface area contributed by atoms with E-state index in [2.05, 4.69) is 170 Å². The highest BCUT2D eigenvalue weighted by atomic mass is 32.2. The SMILES string of the molecule is C=C/C(=C\C=C(/C)c1cc(-c2ccc3c(c2)CC(=C)/C=C\C=C/N3c2ccccc2)ccc1NC1=CC=C2SC12)c1ccccc1. The zero-order valence-corrected chi connectivity index (χ0v) is 26.8. The van der Waals surface area contributed by atoms with Gasteiger partial charge >= 0.3 is 0 Å². The van der Waals surface area contributed by atoms with Gasteiger partial charge in [0, 0.05) is 39.4 Å². The Bertz CT molecular complexity index is 2000. The molecule has 3 aliphatic rings. The van der Waals surface area contributed by atoms with E-state index in [0.29, 0.717) is 5.25 Å². The van der Waals surface area contributed by atoms with Gasteiger partial charge in [-0.3, -0.25) is 0 Å². The first-order valence-corrected chi connectivity index (χ1v) is 16.5. The van der Waals surface area contributed by atoms with Crippen LogP contribution in [0.15, 0.2) is 181 Å². The van der Waals surface area contributed by atoms with E-state index < -0.39 is 0 Å². The molecule has 1 unspecified atom stereocenters. The van der Waals surface area contributed by atoms with Crippen molar-refractivity contribution in [2.75, 3.05) is 10.2 Å². The number of nitrogens with zero attached hydrogens (tertiary/aromatic N) is 1. The molecule has 4 aromatic carbocycles. The summed E-state index contributed by atoms with van der Waals surface area (Å²) in [6.45, 7) is 10.6. The third-order valence-electron chi connectivity index (χ3n) is 8.53. The van der Waals surface area contributed by atoms with Gasteiger partial charge in [0.2, 0.25) is 0 Å². The van der Waals surface area contributed by atoms with Crippen LogP contribution in [0.3, 0.4) is 0 Å². The Hall–Kier alpha value is -5.25. The van der Waals surface area contributed by atoms with E-state index in [4.69, 9.17) is 0 Å². The van der Waals surface area contributed by atoms with Crippen LogP contribution in [-0.2, 0) is 6.42 Å². The van der Waals surface area contributed by atoms with E-state index in [0.717, 1.165) is 40.2 Å². The van der Waals surface area contributed by atoms with E-state index in [1.165, 1.54) is 38.4 Å². The lowest BCUT2D eigenvalue weighted by molar-refractivity contribution is 1.17. The van der Waals surface area contributed by atoms with Crippen molar-refractivity contribution in [3.05, 3.63) is 198 Å². The molecule has 0 amide bonds. The number of hydrogen-bond donors (Lipinski definition) is 1. The fourth-order valence-electron chi connectivity index (χ4n) is 6.01. The fraction of sp³-hybridized carbons (Fsp3) is 0.0698. The fourth-order valence-corrected chi connectivity index (χ4v) is 6.83. The summed E-state index contributed by atoms with van der Waals surface area (Å²) in [5.41, 5.74) is 13.9. The molecule has 4 aromatic rings. The standard InChI is InChI=1S/C43H36N2S/c1-4-32(33-14-7-5-8-15-33)19-18-31(3)38-29-35(20-22-39(38)44-40-23-25-42-43(40)46-42)34-21-24-41-36(28-34)27-30(2)13-11-12-26-45(41)37-16-9-6-10-17-37/h4-26,28-29,43-44H,1-2,27H2,3H3/b13-11-,26-12-,31-18+,32-19+. The first-order valence-electron chi connectivity index (χ1n) is 15.6. The minimum atomic E-state index is 0.476. The third-order valence-corrected chi connectivity index (χ3v) is 9.66. The molecule has 1 aliphatic carbocycles. The summed E-state index contributed by atoms with van der Waals surface area (Å²) in [7, 11) is 0. The number of nitrogens with one attached hydrogen (secondary N) is 1. The van der Waals surface area contributed by atoms with Crippen LogP contribution in [0.1, 0.15) is 23.6 Å². The van der Waals surface area contributed by atoms with Crippen LogP contribution >= 0.6 is 11.8 Å². The Labute approximate surface area is 276 Å². The molecule has 2 aliphatic heterocycles. The van der Waals surface area contributed by atoms with Crippen LogP contribution in [0.5, 0.6) is 0 Å². The normalized spacial score (nSPS) is 18.7. The Morgan fingerprint density at radius 1 is 0.870 bits per heavy atom. The van der Waals surface area contributed by atoms with Gasteiger partial charge in [-0.25, -0.2) is 0 Å². The first kappa shape index (κ1) is 29.5. The van der Waals surface area contributed by atoms with Crippen LogP contribution in [0.25, 0.3) is 22.3 Å². The first-order chi connectivity index (χ1) is 22.6. The molecule has 46 heavy (non-hydrogen) atoms. The van der Waals surface area contributed by atoms with Crippen molar-refractivity contribution in [2.24, 2.45) is 0 Å². The second-order valence-corrected chi connectivity index (χ2v) is 12.9. The van der Waals surface area contributed by atoms with Gasteiger partial charge in [-0.05, 0) is 101 Å². The molecule has 1 N–H and O–H groups in total. The second kappa shape index (κ2) is 13.0. The molecule has 0 spiro atoms. The highest BCUT2D eigenvalue weighted by Gasteiger charge is 2.38. The van der Waals surface area contributed by atoms with E-state index in [1.807, 2.05) is 23.9 Å². The van der Waals surface area contributed by atoms with Gasteiger partial charge in [0.15, 0.2) is 0 Å². The van der Waals surface area contributed by atoms with Crippen LogP contribution in [0.4, 0.5) is 17.1 Å². The summed E-state index contributed by atoms with van der Waals surface area (Å²) in [6.07, 6.45) is 19.9. The molecule has 1 atom stereocenters. The van der Waals surface area contributed by atoms with Gasteiger partial charge in [0.05, 0.1) is 5.25 Å². The van der Waals surface area contributed by atoms with Crippen LogP contribution in [0.2, 0.25) is 0 Å². The predicted molar refractivity (Wildman–Crippen MR) is 201 cm³/mol. The second-order valence-electron chi connectivity index (χ2n) is 11.7. The van der Waals surface area contributed by atoms with Crippen molar-refractivity contribution in [1.29, 1.82) is 0 Å². The number of fused-ring (bicyclic) bond motifs is 2. The van der Waals surface area contributed by atoms with Crippen molar-refractivity contribution < 1.29 is 0 Å². The number of benzene rings is 4. The molecule has 224 valence electrons. The van der Waals surface area contributed by atoms with Gasteiger partial charge in [0.1, 0.15) is 0 Å². The highest BCUT2D eigenvalue weighted by molar-refractivity contribution is 8.12. The highest BCUT2D eigenvalue weighted by Crippen LogP contribution is 2.54. The summed E-state index contributed by atoms with van der Waals surface area (Å²) in [5, 5.41) is 4.24. The molecule has 2 nitrogen and oxygen atoms in total. The summed E-state index contributed by atoms with van der Waals surface area (Å²) in [5.74, 6) is 0. The molecule has 1 fully saturated rings. The van der Waals surface area contributed by atoms with E-state index >= 15 is 0 Å². The Morgan fingerprint density at radius 2 is 1.63 bits per heavy atom. The summed E-state index contributed by atoms with van der Waals surface area (Å²) in [4.78, 5) is 3.71. The quantitative estimate of drug-likeness (QED) is 0.157. The Balaban J connectivity index is 1.29. The maximum atomic E-state index is 4.35. The lowest BCUT2D eigenvalue weighted by Gasteiger charge is -2.24. The molecular formula is C43H36N2S. The van der Waals surface area contributed by atoms with Gasteiger partial charge in [-0.2, -0.15) is 0 Å². The minimum absolute atomic E-state index is 0.476.